The van der Waals surface area contributed by atoms with Crippen LogP contribution in [0.15, 0.2) is 32.1 Å². The maximum Gasteiger partial charge on any atom is 0.438 e. The minimum Gasteiger partial charge on any atom is -0.372 e. The lowest BCUT2D eigenvalue weighted by molar-refractivity contribution is -0.116. The third kappa shape index (κ3) is 2.18. The minimum absolute atomic E-state index is 0.0485. The number of fused-ring (bicyclic) bond motifs is 1. The smallest absolute Gasteiger partial charge is 0.372 e. The summed E-state index contributed by atoms with van der Waals surface area (Å²) in [5.74, 6) is -0.121. The second-order valence-corrected chi connectivity index (χ2v) is 6.12. The molecule has 0 bridgehead atoms. The van der Waals surface area contributed by atoms with Gasteiger partial charge in [0.2, 0.25) is 0 Å². The zero-order chi connectivity index (χ0) is 14.6. The maximum atomic E-state index is 12.5. The molecule has 3 aliphatic rings. The van der Waals surface area contributed by atoms with Crippen LogP contribution in [0, 0.1) is 11.8 Å². The van der Waals surface area contributed by atoms with E-state index >= 15 is 0 Å². The molecule has 2 fully saturated rings. The summed E-state index contributed by atoms with van der Waals surface area (Å²) in [6.07, 6.45) is 5.14. The Kier molecular flexibility index (Phi) is 2.90. The summed E-state index contributed by atoms with van der Waals surface area (Å²) in [4.78, 5) is 26.0. The number of nitrogens with zero attached hydrogens (tertiary/aromatic N) is 1. The highest BCUT2D eigenvalue weighted by atomic mass is 35.5. The Hall–Kier alpha value is -1.66. The monoisotopic (exact) mass is 308 g/mol. The van der Waals surface area contributed by atoms with Crippen molar-refractivity contribution in [2.75, 3.05) is 6.61 Å². The molecule has 1 saturated heterocycles. The van der Waals surface area contributed by atoms with Gasteiger partial charge in [-0.2, -0.15) is 0 Å². The number of H-pyrrole nitrogens is 1. The molecule has 7 heteroatoms. The Morgan fingerprint density at radius 2 is 2.33 bits per heavy atom. The van der Waals surface area contributed by atoms with Gasteiger partial charge in [0.1, 0.15) is 0 Å². The van der Waals surface area contributed by atoms with Crippen LogP contribution >= 0.6 is 11.6 Å². The molecule has 2 aliphatic carbocycles. The Morgan fingerprint density at radius 3 is 3.10 bits per heavy atom. The first kappa shape index (κ1) is 13.0. The van der Waals surface area contributed by atoms with Crippen molar-refractivity contribution in [3.8, 4) is 0 Å². The van der Waals surface area contributed by atoms with Crippen LogP contribution in [-0.2, 0) is 9.53 Å². The van der Waals surface area contributed by atoms with Crippen molar-refractivity contribution in [3.05, 3.63) is 39.1 Å². The molecule has 1 N–H and O–H groups in total. The molecule has 0 aromatic carbocycles. The van der Waals surface area contributed by atoms with Gasteiger partial charge in [-0.3, -0.25) is 14.3 Å². The average molecular weight is 309 g/mol. The molecule has 21 heavy (non-hydrogen) atoms. The van der Waals surface area contributed by atoms with Crippen LogP contribution in [0.4, 0.5) is 0 Å². The summed E-state index contributed by atoms with van der Waals surface area (Å²) in [6, 6.07) is 0. The number of ketones is 1. The van der Waals surface area contributed by atoms with Crippen LogP contribution in [0.3, 0.4) is 0 Å². The number of hydrogen-bond acceptors (Lipinski definition) is 5. The number of aromatic amines is 1. The Morgan fingerprint density at radius 1 is 1.48 bits per heavy atom. The molecule has 4 atom stereocenters. The predicted octanol–water partition coefficient (Wildman–Crippen LogP) is 1.50. The van der Waals surface area contributed by atoms with Gasteiger partial charge in [0, 0.05) is 35.0 Å². The van der Waals surface area contributed by atoms with E-state index in [-0.39, 0.29) is 29.6 Å². The van der Waals surface area contributed by atoms with E-state index in [9.17, 15) is 9.59 Å². The number of nitrogens with one attached hydrogen (secondary N) is 1. The standard InChI is InChI=1S/C14H13ClN2O4/c15-10-4-7(3-6-1-2-20-12(6)10)11(18)8-5-9(8)13-16-14(19)21-17-13/h3-4,6,8-9,12H,1-2,5H2,(H,16,17,19)/t6?,8-,9-,12?/m0/s1. The highest BCUT2D eigenvalue weighted by molar-refractivity contribution is 6.31. The number of halogens is 1. The Balaban J connectivity index is 1.53. The molecular formula is C14H13ClN2O4. The van der Waals surface area contributed by atoms with Gasteiger partial charge in [-0.25, -0.2) is 4.79 Å². The van der Waals surface area contributed by atoms with Crippen LogP contribution in [0.5, 0.6) is 0 Å². The first-order valence-corrected chi connectivity index (χ1v) is 7.32. The number of carbonyl (C=O) groups excluding carboxylic acids is 1. The largest absolute Gasteiger partial charge is 0.438 e. The van der Waals surface area contributed by atoms with Crippen molar-refractivity contribution >= 4 is 17.4 Å². The lowest BCUT2D eigenvalue weighted by Gasteiger charge is -2.20. The van der Waals surface area contributed by atoms with Crippen LogP contribution in [-0.4, -0.2) is 28.6 Å². The number of rotatable bonds is 3. The lowest BCUT2D eigenvalue weighted by atomic mass is 9.90. The molecule has 1 aromatic heterocycles. The zero-order valence-corrected chi connectivity index (χ0v) is 11.8. The van der Waals surface area contributed by atoms with Crippen LogP contribution in [0.1, 0.15) is 24.6 Å². The summed E-state index contributed by atoms with van der Waals surface area (Å²) < 4.78 is 10.0. The normalized spacial score (nSPS) is 34.1. The van der Waals surface area contributed by atoms with Gasteiger partial charge in [0.05, 0.1) is 6.10 Å². The Bertz CT molecular complexity index is 717. The molecule has 0 radical (unpaired) electrons. The first-order valence-electron chi connectivity index (χ1n) is 6.94. The second-order valence-electron chi connectivity index (χ2n) is 5.69. The summed E-state index contributed by atoms with van der Waals surface area (Å²) in [5.41, 5.74) is 0.644. The highest BCUT2D eigenvalue weighted by Gasteiger charge is 2.47. The molecule has 2 unspecified atom stereocenters. The van der Waals surface area contributed by atoms with Crippen molar-refractivity contribution in [3.63, 3.8) is 0 Å². The summed E-state index contributed by atoms with van der Waals surface area (Å²) in [6.45, 7) is 0.670. The van der Waals surface area contributed by atoms with Crippen molar-refractivity contribution in [2.24, 2.45) is 11.8 Å². The molecule has 1 aromatic rings. The molecule has 0 spiro atoms. The Labute approximate surface area is 124 Å². The third-order valence-corrected chi connectivity index (χ3v) is 4.64. The fourth-order valence-corrected chi connectivity index (χ4v) is 3.47. The van der Waals surface area contributed by atoms with Crippen LogP contribution in [0.2, 0.25) is 0 Å². The molecule has 110 valence electrons. The van der Waals surface area contributed by atoms with Crippen molar-refractivity contribution in [2.45, 2.75) is 24.9 Å². The number of hydrogen-bond donors (Lipinski definition) is 1. The van der Waals surface area contributed by atoms with E-state index in [1.165, 1.54) is 0 Å². The molecule has 6 nitrogen and oxygen atoms in total. The quantitative estimate of drug-likeness (QED) is 0.914. The average Bonchev–Trinajstić information content (AvgIpc) is 2.89. The van der Waals surface area contributed by atoms with Gasteiger partial charge in [-0.1, -0.05) is 22.8 Å². The van der Waals surface area contributed by atoms with E-state index in [0.29, 0.717) is 29.5 Å². The van der Waals surface area contributed by atoms with Gasteiger partial charge in [-0.15, -0.1) is 0 Å². The SMILES string of the molecule is O=C(C1=CC2CCOC2C(Cl)=C1)[C@H]1C[C@@H]1c1noc(=O)[nH]1. The molecular weight excluding hydrogens is 296 g/mol. The number of Topliss-reactive ketones (excluding diaryl/α,β-unsaturated/α-hetero) is 1. The molecule has 2 heterocycles. The fraction of sp³-hybridized carbons (Fsp3) is 0.500. The van der Waals surface area contributed by atoms with Gasteiger partial charge in [-0.05, 0) is 18.9 Å². The van der Waals surface area contributed by atoms with E-state index in [2.05, 4.69) is 14.7 Å². The van der Waals surface area contributed by atoms with E-state index in [0.717, 1.165) is 6.42 Å². The minimum atomic E-state index is -0.589. The van der Waals surface area contributed by atoms with Crippen molar-refractivity contribution in [1.82, 2.24) is 10.1 Å². The van der Waals surface area contributed by atoms with Crippen LogP contribution < -0.4 is 5.76 Å². The van der Waals surface area contributed by atoms with Crippen molar-refractivity contribution < 1.29 is 14.1 Å². The van der Waals surface area contributed by atoms with Gasteiger partial charge in [0.15, 0.2) is 11.6 Å². The van der Waals surface area contributed by atoms with E-state index < -0.39 is 5.76 Å². The molecule has 0 amide bonds. The third-order valence-electron chi connectivity index (χ3n) is 4.32. The first-order chi connectivity index (χ1) is 10.1. The fourth-order valence-electron chi connectivity index (χ4n) is 3.13. The zero-order valence-electron chi connectivity index (χ0n) is 11.0. The maximum absolute atomic E-state index is 12.5. The number of allylic oxidation sites excluding steroid dienone is 2. The summed E-state index contributed by atoms with van der Waals surface area (Å²) in [7, 11) is 0. The summed E-state index contributed by atoms with van der Waals surface area (Å²) >= 11 is 6.21. The number of carbonyl (C=O) groups is 1. The second kappa shape index (κ2) is 4.68. The number of aromatic nitrogens is 2. The van der Waals surface area contributed by atoms with Crippen LogP contribution in [0.25, 0.3) is 0 Å². The van der Waals surface area contributed by atoms with Gasteiger partial charge in [0.25, 0.3) is 0 Å². The lowest BCUT2D eigenvalue weighted by Crippen LogP contribution is -2.21. The summed E-state index contributed by atoms with van der Waals surface area (Å²) in [5, 5.41) is 4.24. The van der Waals surface area contributed by atoms with Gasteiger partial charge < -0.3 is 4.74 Å². The molecule has 1 saturated carbocycles. The topological polar surface area (TPSA) is 85.2 Å². The van der Waals surface area contributed by atoms with Gasteiger partial charge >= 0.3 is 5.76 Å². The molecule has 4 rings (SSSR count). The predicted molar refractivity (Wildman–Crippen MR) is 72.8 cm³/mol. The number of ether oxygens (including phenoxy) is 1. The van der Waals surface area contributed by atoms with E-state index in [1.807, 2.05) is 6.08 Å². The van der Waals surface area contributed by atoms with E-state index in [4.69, 9.17) is 16.3 Å². The molecule has 1 aliphatic heterocycles. The van der Waals surface area contributed by atoms with E-state index in [1.54, 1.807) is 6.08 Å². The highest BCUT2D eigenvalue weighted by Crippen LogP contribution is 2.48. The van der Waals surface area contributed by atoms with Crippen molar-refractivity contribution in [1.29, 1.82) is 0 Å².